The van der Waals surface area contributed by atoms with Gasteiger partial charge in [-0.15, -0.1) is 0 Å². The van der Waals surface area contributed by atoms with Crippen LogP contribution in [0.1, 0.15) is 25.3 Å². The highest BCUT2D eigenvalue weighted by atomic mass is 14.0. The number of hydrogen-bond acceptors (Lipinski definition) is 0. The maximum Gasteiger partial charge on any atom is -0.0191 e. The summed E-state index contributed by atoms with van der Waals surface area (Å²) in [6.45, 7) is 9.71. The zero-order valence-electron chi connectivity index (χ0n) is 13.5. The molecule has 0 aliphatic rings. The fourth-order valence-corrected chi connectivity index (χ4v) is 2.11. The Morgan fingerprint density at radius 3 is 2.41 bits per heavy atom. The van der Waals surface area contributed by atoms with E-state index in [1.807, 2.05) is 18.2 Å². The molecule has 0 aromatic heterocycles. The van der Waals surface area contributed by atoms with Crippen molar-refractivity contribution < 1.29 is 0 Å². The van der Waals surface area contributed by atoms with E-state index in [0.717, 1.165) is 19.3 Å². The van der Waals surface area contributed by atoms with Crippen molar-refractivity contribution in [1.29, 1.82) is 0 Å². The van der Waals surface area contributed by atoms with E-state index in [-0.39, 0.29) is 0 Å². The van der Waals surface area contributed by atoms with Gasteiger partial charge >= 0.3 is 0 Å². The average molecular weight is 290 g/mol. The first-order valence-corrected chi connectivity index (χ1v) is 7.84. The summed E-state index contributed by atoms with van der Waals surface area (Å²) in [6, 6.07) is 10.6. The van der Waals surface area contributed by atoms with Crippen molar-refractivity contribution in [3.8, 4) is 0 Å². The normalized spacial score (nSPS) is 13.0. The predicted molar refractivity (Wildman–Crippen MR) is 99.9 cm³/mol. The molecule has 114 valence electrons. The standard InChI is InChI=1S/C22H26/c1-4-7-17-21(13-6-3)22(18-8-5-2)19-12-16-20-14-10-9-11-15-20/h5-11,13-15,17-19H,2-4,12,16H2,1H3/b17-7-,18-8-,21-13+,22-19+. The van der Waals surface area contributed by atoms with Crippen LogP contribution in [0.3, 0.4) is 0 Å². The summed E-state index contributed by atoms with van der Waals surface area (Å²) in [5, 5.41) is 0. The molecular formula is C22H26. The van der Waals surface area contributed by atoms with Gasteiger partial charge in [-0.1, -0.05) is 99.0 Å². The smallest absolute Gasteiger partial charge is 0.0191 e. The lowest BCUT2D eigenvalue weighted by atomic mass is 10.0. The third kappa shape index (κ3) is 6.90. The Morgan fingerprint density at radius 1 is 1.00 bits per heavy atom. The summed E-state index contributed by atoms with van der Waals surface area (Å²) in [7, 11) is 0. The van der Waals surface area contributed by atoms with Crippen LogP contribution in [0.4, 0.5) is 0 Å². The molecule has 0 fully saturated rings. The van der Waals surface area contributed by atoms with E-state index >= 15 is 0 Å². The summed E-state index contributed by atoms with van der Waals surface area (Å²) in [5.41, 5.74) is 3.76. The van der Waals surface area contributed by atoms with Crippen LogP contribution in [0.15, 0.2) is 103 Å². The summed E-state index contributed by atoms with van der Waals surface area (Å²) in [4.78, 5) is 0. The van der Waals surface area contributed by atoms with Crippen molar-refractivity contribution in [3.05, 3.63) is 109 Å². The second kappa shape index (κ2) is 11.3. The first-order valence-electron chi connectivity index (χ1n) is 7.84. The summed E-state index contributed by atoms with van der Waals surface area (Å²) in [5.74, 6) is 0. The maximum absolute atomic E-state index is 3.82. The van der Waals surface area contributed by atoms with E-state index in [9.17, 15) is 0 Å². The van der Waals surface area contributed by atoms with Crippen LogP contribution in [-0.4, -0.2) is 0 Å². The van der Waals surface area contributed by atoms with E-state index in [2.05, 4.69) is 74.7 Å². The van der Waals surface area contributed by atoms with Crippen molar-refractivity contribution in [2.24, 2.45) is 0 Å². The third-order valence-corrected chi connectivity index (χ3v) is 3.22. The fraction of sp³-hybridized carbons (Fsp3) is 0.182. The Bertz CT molecular complexity index is 565. The van der Waals surface area contributed by atoms with Gasteiger partial charge in [0.05, 0.1) is 0 Å². The van der Waals surface area contributed by atoms with Crippen molar-refractivity contribution in [2.45, 2.75) is 26.2 Å². The first kappa shape index (κ1) is 17.7. The maximum atomic E-state index is 3.82. The number of aryl methyl sites for hydroxylation is 1. The fourth-order valence-electron chi connectivity index (χ4n) is 2.11. The van der Waals surface area contributed by atoms with E-state index in [1.54, 1.807) is 6.08 Å². The number of benzene rings is 1. The molecule has 0 amide bonds. The molecule has 0 bridgehead atoms. The van der Waals surface area contributed by atoms with Crippen molar-refractivity contribution in [3.63, 3.8) is 0 Å². The molecular weight excluding hydrogens is 264 g/mol. The second-order valence-corrected chi connectivity index (χ2v) is 4.95. The van der Waals surface area contributed by atoms with Crippen LogP contribution in [-0.2, 0) is 6.42 Å². The molecule has 22 heavy (non-hydrogen) atoms. The van der Waals surface area contributed by atoms with E-state index in [0.29, 0.717) is 0 Å². The van der Waals surface area contributed by atoms with Crippen LogP contribution >= 0.6 is 0 Å². The molecule has 1 aromatic rings. The third-order valence-electron chi connectivity index (χ3n) is 3.22. The highest BCUT2D eigenvalue weighted by Crippen LogP contribution is 2.16. The largest absolute Gasteiger partial charge is 0.0991 e. The van der Waals surface area contributed by atoms with Gasteiger partial charge in [0, 0.05) is 0 Å². The zero-order chi connectivity index (χ0) is 16.0. The van der Waals surface area contributed by atoms with Crippen LogP contribution in [0.25, 0.3) is 0 Å². The highest BCUT2D eigenvalue weighted by Gasteiger charge is 1.98. The Labute approximate surface area is 135 Å². The Morgan fingerprint density at radius 2 is 1.77 bits per heavy atom. The Balaban J connectivity index is 2.89. The lowest BCUT2D eigenvalue weighted by Crippen LogP contribution is -1.87. The molecule has 0 unspecified atom stereocenters. The molecule has 1 rings (SSSR count). The lowest BCUT2D eigenvalue weighted by Gasteiger charge is -2.05. The minimum Gasteiger partial charge on any atom is -0.0991 e. The first-order chi connectivity index (χ1) is 10.8. The van der Waals surface area contributed by atoms with Gasteiger partial charge in [0.25, 0.3) is 0 Å². The van der Waals surface area contributed by atoms with E-state index in [4.69, 9.17) is 0 Å². The summed E-state index contributed by atoms with van der Waals surface area (Å²) >= 11 is 0. The van der Waals surface area contributed by atoms with Crippen LogP contribution in [0.5, 0.6) is 0 Å². The SMILES string of the molecule is C=C\C=C/C(=C\CCc1ccccc1)C(/C=C\CC)=C/C=C. The zero-order valence-corrected chi connectivity index (χ0v) is 13.5. The topological polar surface area (TPSA) is 0 Å². The number of rotatable bonds is 9. The van der Waals surface area contributed by atoms with Crippen molar-refractivity contribution in [2.75, 3.05) is 0 Å². The van der Waals surface area contributed by atoms with E-state index in [1.165, 1.54) is 16.7 Å². The number of hydrogen-bond donors (Lipinski definition) is 0. The minimum atomic E-state index is 1.01. The lowest BCUT2D eigenvalue weighted by molar-refractivity contribution is 0.995. The molecule has 0 radical (unpaired) electrons. The highest BCUT2D eigenvalue weighted by molar-refractivity contribution is 5.48. The Hall–Kier alpha value is -2.34. The van der Waals surface area contributed by atoms with Gasteiger partial charge in [0.15, 0.2) is 0 Å². The quantitative estimate of drug-likeness (QED) is 0.464. The molecule has 1 aromatic carbocycles. The van der Waals surface area contributed by atoms with Crippen LogP contribution in [0, 0.1) is 0 Å². The van der Waals surface area contributed by atoms with Crippen LogP contribution in [0.2, 0.25) is 0 Å². The molecule has 0 saturated carbocycles. The second-order valence-electron chi connectivity index (χ2n) is 4.95. The predicted octanol–water partition coefficient (Wildman–Crippen LogP) is 6.37. The molecule has 0 atom stereocenters. The van der Waals surface area contributed by atoms with Gasteiger partial charge in [-0.2, -0.15) is 0 Å². The minimum absolute atomic E-state index is 1.01. The summed E-state index contributed by atoms with van der Waals surface area (Å²) < 4.78 is 0. The molecule has 0 heterocycles. The van der Waals surface area contributed by atoms with E-state index < -0.39 is 0 Å². The molecule has 0 saturated heterocycles. The van der Waals surface area contributed by atoms with Crippen molar-refractivity contribution in [1.82, 2.24) is 0 Å². The Kier molecular flexibility index (Phi) is 9.12. The molecule has 0 heteroatoms. The van der Waals surface area contributed by atoms with Crippen LogP contribution < -0.4 is 0 Å². The van der Waals surface area contributed by atoms with Gasteiger partial charge < -0.3 is 0 Å². The molecule has 0 nitrogen and oxygen atoms in total. The van der Waals surface area contributed by atoms with Gasteiger partial charge in [0.2, 0.25) is 0 Å². The van der Waals surface area contributed by atoms with Gasteiger partial charge in [-0.05, 0) is 36.0 Å². The average Bonchev–Trinajstić information content (AvgIpc) is 2.56. The van der Waals surface area contributed by atoms with Gasteiger partial charge in [-0.25, -0.2) is 0 Å². The molecule has 0 spiro atoms. The molecule has 0 aliphatic heterocycles. The number of allylic oxidation sites excluding steroid dienone is 10. The summed E-state index contributed by atoms with van der Waals surface area (Å²) in [6.07, 6.45) is 19.5. The monoisotopic (exact) mass is 290 g/mol. The molecule has 0 N–H and O–H groups in total. The molecule has 0 aliphatic carbocycles. The van der Waals surface area contributed by atoms with Gasteiger partial charge in [-0.3, -0.25) is 0 Å². The van der Waals surface area contributed by atoms with Crippen molar-refractivity contribution >= 4 is 0 Å². The van der Waals surface area contributed by atoms with Gasteiger partial charge in [0.1, 0.15) is 0 Å².